The van der Waals surface area contributed by atoms with Gasteiger partial charge in [-0.15, -0.1) is 0 Å². The van der Waals surface area contributed by atoms with Crippen molar-refractivity contribution in [3.63, 3.8) is 0 Å². The van der Waals surface area contributed by atoms with Crippen LogP contribution in [0.25, 0.3) is 0 Å². The summed E-state index contributed by atoms with van der Waals surface area (Å²) >= 11 is 0. The van der Waals surface area contributed by atoms with Gasteiger partial charge in [-0.05, 0) is 0 Å². The van der Waals surface area contributed by atoms with Crippen LogP contribution in [0.5, 0.6) is 0 Å². The molecule has 17 heavy (non-hydrogen) atoms. The van der Waals surface area contributed by atoms with E-state index in [-0.39, 0.29) is 0 Å². The summed E-state index contributed by atoms with van der Waals surface area (Å²) in [4.78, 5) is 10.5. The molecule has 1 aromatic rings. The maximum atomic E-state index is 5.09. The second-order valence-corrected chi connectivity index (χ2v) is 3.48. The highest BCUT2D eigenvalue weighted by Crippen LogP contribution is 2.13. The molecule has 0 spiro atoms. The molecule has 1 aromatic heterocycles. The van der Waals surface area contributed by atoms with Crippen LogP contribution in [0, 0.1) is 0 Å². The minimum Gasteiger partial charge on any atom is -0.383 e. The Morgan fingerprint density at radius 2 is 1.82 bits per heavy atom. The lowest BCUT2D eigenvalue weighted by molar-refractivity contribution is 0.190. The Balaban J connectivity index is 2.71. The maximum Gasteiger partial charge on any atom is 0.134 e. The van der Waals surface area contributed by atoms with Gasteiger partial charge in [-0.3, -0.25) is 0 Å². The van der Waals surface area contributed by atoms with Gasteiger partial charge >= 0.3 is 0 Å². The van der Waals surface area contributed by atoms with E-state index in [0.29, 0.717) is 13.2 Å². The summed E-state index contributed by atoms with van der Waals surface area (Å²) in [5.41, 5.74) is 0. The topological polar surface area (TPSA) is 59.5 Å². The number of hydrogen-bond acceptors (Lipinski definition) is 6. The maximum absolute atomic E-state index is 5.09. The first-order valence-electron chi connectivity index (χ1n) is 5.54. The smallest absolute Gasteiger partial charge is 0.134 e. The summed E-state index contributed by atoms with van der Waals surface area (Å²) < 4.78 is 10.2. The number of methoxy groups -OCH3 is 2. The van der Waals surface area contributed by atoms with E-state index in [9.17, 15) is 0 Å². The van der Waals surface area contributed by atoms with E-state index < -0.39 is 0 Å². The average molecular weight is 240 g/mol. The lowest BCUT2D eigenvalue weighted by Gasteiger charge is -2.23. The summed E-state index contributed by atoms with van der Waals surface area (Å²) in [7, 11) is 5.21. The highest BCUT2D eigenvalue weighted by molar-refractivity contribution is 5.48. The lowest BCUT2D eigenvalue weighted by Crippen LogP contribution is -2.31. The zero-order valence-corrected chi connectivity index (χ0v) is 10.6. The number of hydrogen-bond donors (Lipinski definition) is 1. The second kappa shape index (κ2) is 7.81. The third-order valence-electron chi connectivity index (χ3n) is 2.36. The van der Waals surface area contributed by atoms with Crippen LogP contribution in [0.4, 0.5) is 11.6 Å². The molecule has 0 aliphatic carbocycles. The third kappa shape index (κ3) is 4.54. The molecule has 96 valence electrons. The molecule has 0 amide bonds. The number of ether oxygens (including phenoxy) is 2. The molecule has 0 atom stereocenters. The number of nitrogens with zero attached hydrogens (tertiary/aromatic N) is 3. The molecular weight excluding hydrogens is 220 g/mol. The Morgan fingerprint density at radius 1 is 1.18 bits per heavy atom. The predicted octanol–water partition coefficient (Wildman–Crippen LogP) is 0.617. The van der Waals surface area contributed by atoms with Crippen LogP contribution in [0.3, 0.4) is 0 Å². The highest BCUT2D eigenvalue weighted by Gasteiger charge is 2.08. The first-order valence-corrected chi connectivity index (χ1v) is 5.54. The number of rotatable bonds is 8. The van der Waals surface area contributed by atoms with Crippen LogP contribution in [0.2, 0.25) is 0 Å². The summed E-state index contributed by atoms with van der Waals surface area (Å²) in [5.74, 6) is 1.67. The minimum atomic E-state index is 0.655. The molecule has 0 aliphatic rings. The lowest BCUT2D eigenvalue weighted by atomic mass is 10.4. The van der Waals surface area contributed by atoms with Gasteiger partial charge in [-0.1, -0.05) is 0 Å². The standard InChI is InChI=1S/C11H20N4O2/c1-12-10-8-11(14-9-13-10)15(4-6-16-2)5-7-17-3/h8-9H,4-7H2,1-3H3,(H,12,13,14). The Hall–Kier alpha value is -1.40. The van der Waals surface area contributed by atoms with Crippen LogP contribution in [0.15, 0.2) is 12.4 Å². The molecule has 0 saturated carbocycles. The van der Waals surface area contributed by atoms with Crippen LogP contribution < -0.4 is 10.2 Å². The molecule has 1 N–H and O–H groups in total. The van der Waals surface area contributed by atoms with E-state index in [0.717, 1.165) is 24.7 Å². The normalized spacial score (nSPS) is 10.3. The summed E-state index contributed by atoms with van der Waals surface area (Å²) in [6.07, 6.45) is 1.55. The molecule has 0 unspecified atom stereocenters. The van der Waals surface area contributed by atoms with E-state index >= 15 is 0 Å². The van der Waals surface area contributed by atoms with E-state index in [2.05, 4.69) is 20.2 Å². The van der Waals surface area contributed by atoms with E-state index in [1.165, 1.54) is 0 Å². The zero-order valence-electron chi connectivity index (χ0n) is 10.6. The van der Waals surface area contributed by atoms with Gasteiger partial charge in [-0.25, -0.2) is 9.97 Å². The van der Waals surface area contributed by atoms with Crippen LogP contribution in [0.1, 0.15) is 0 Å². The fourth-order valence-electron chi connectivity index (χ4n) is 1.40. The van der Waals surface area contributed by atoms with E-state index in [1.807, 2.05) is 13.1 Å². The average Bonchev–Trinajstić information content (AvgIpc) is 2.39. The van der Waals surface area contributed by atoms with Gasteiger partial charge in [0.2, 0.25) is 0 Å². The Morgan fingerprint density at radius 3 is 2.35 bits per heavy atom. The van der Waals surface area contributed by atoms with Crippen molar-refractivity contribution in [1.29, 1.82) is 0 Å². The molecule has 0 aromatic carbocycles. The molecule has 0 saturated heterocycles. The van der Waals surface area contributed by atoms with Crippen molar-refractivity contribution in [3.8, 4) is 0 Å². The van der Waals surface area contributed by atoms with Crippen LogP contribution >= 0.6 is 0 Å². The second-order valence-electron chi connectivity index (χ2n) is 3.48. The van der Waals surface area contributed by atoms with Crippen molar-refractivity contribution in [1.82, 2.24) is 9.97 Å². The van der Waals surface area contributed by atoms with Gasteiger partial charge in [0.15, 0.2) is 0 Å². The van der Waals surface area contributed by atoms with Gasteiger partial charge in [0, 0.05) is 40.4 Å². The molecule has 6 nitrogen and oxygen atoms in total. The van der Waals surface area contributed by atoms with Gasteiger partial charge < -0.3 is 19.7 Å². The number of nitrogens with one attached hydrogen (secondary N) is 1. The van der Waals surface area contributed by atoms with Crippen LogP contribution in [-0.4, -0.2) is 57.5 Å². The SMILES string of the molecule is CNc1cc(N(CCOC)CCOC)ncn1. The molecule has 0 bridgehead atoms. The molecular formula is C11H20N4O2. The molecule has 0 fully saturated rings. The summed E-state index contributed by atoms with van der Waals surface area (Å²) in [6, 6.07) is 1.91. The van der Waals surface area contributed by atoms with Gasteiger partial charge in [-0.2, -0.15) is 0 Å². The highest BCUT2D eigenvalue weighted by atomic mass is 16.5. The molecule has 6 heteroatoms. The molecule has 0 aliphatic heterocycles. The Labute approximate surface area is 102 Å². The van der Waals surface area contributed by atoms with Crippen molar-refractivity contribution >= 4 is 11.6 Å². The molecule has 1 heterocycles. The van der Waals surface area contributed by atoms with E-state index in [1.54, 1.807) is 20.5 Å². The predicted molar refractivity (Wildman–Crippen MR) is 67.5 cm³/mol. The Kier molecular flexibility index (Phi) is 6.27. The number of aromatic nitrogens is 2. The molecule has 0 radical (unpaired) electrons. The fourth-order valence-corrected chi connectivity index (χ4v) is 1.40. The first-order chi connectivity index (χ1) is 8.31. The number of anilines is 2. The van der Waals surface area contributed by atoms with E-state index in [4.69, 9.17) is 9.47 Å². The fraction of sp³-hybridized carbons (Fsp3) is 0.636. The van der Waals surface area contributed by atoms with Crippen molar-refractivity contribution in [2.24, 2.45) is 0 Å². The summed E-state index contributed by atoms with van der Waals surface area (Å²) in [5, 5.41) is 2.99. The van der Waals surface area contributed by atoms with Crippen molar-refractivity contribution in [3.05, 3.63) is 12.4 Å². The van der Waals surface area contributed by atoms with Gasteiger partial charge in [0.25, 0.3) is 0 Å². The van der Waals surface area contributed by atoms with Crippen LogP contribution in [-0.2, 0) is 9.47 Å². The minimum absolute atomic E-state index is 0.655. The Bertz CT molecular complexity index is 314. The van der Waals surface area contributed by atoms with Gasteiger partial charge in [0.1, 0.15) is 18.0 Å². The van der Waals surface area contributed by atoms with Gasteiger partial charge in [0.05, 0.1) is 13.2 Å². The van der Waals surface area contributed by atoms with Crippen molar-refractivity contribution in [2.75, 3.05) is 57.8 Å². The third-order valence-corrected chi connectivity index (χ3v) is 2.36. The zero-order chi connectivity index (χ0) is 12.5. The quantitative estimate of drug-likeness (QED) is 0.718. The summed E-state index contributed by atoms with van der Waals surface area (Å²) in [6.45, 7) is 2.87. The van der Waals surface area contributed by atoms with Crippen molar-refractivity contribution in [2.45, 2.75) is 0 Å². The first kappa shape index (κ1) is 13.7. The monoisotopic (exact) mass is 240 g/mol. The molecule has 1 rings (SSSR count). The largest absolute Gasteiger partial charge is 0.383 e. The van der Waals surface area contributed by atoms with Crippen molar-refractivity contribution < 1.29 is 9.47 Å².